The van der Waals surface area contributed by atoms with E-state index in [2.05, 4.69) is 0 Å². The van der Waals surface area contributed by atoms with Crippen molar-refractivity contribution < 1.29 is 32.2 Å². The van der Waals surface area contributed by atoms with Crippen LogP contribution in [0.2, 0.25) is 0 Å². The molecule has 0 heterocycles. The molecule has 0 saturated carbocycles. The zero-order chi connectivity index (χ0) is 11.7. The van der Waals surface area contributed by atoms with Gasteiger partial charge in [0.1, 0.15) is 5.78 Å². The van der Waals surface area contributed by atoms with Gasteiger partial charge in [-0.3, -0.25) is 13.9 Å². The summed E-state index contributed by atoms with van der Waals surface area (Å²) in [7, 11) is -4.67. The smallest absolute Gasteiger partial charge is 0.394 e. The van der Waals surface area contributed by atoms with Gasteiger partial charge in [-0.2, -0.15) is 8.42 Å². The van der Waals surface area contributed by atoms with Crippen molar-refractivity contribution in [1.82, 2.24) is 0 Å². The summed E-state index contributed by atoms with van der Waals surface area (Å²) in [5.74, 6) is -0.667. The Labute approximate surface area is 88.1 Å². The lowest BCUT2D eigenvalue weighted by atomic mass is 10.6. The number of carbonyl (C=O) groups is 2. The van der Waals surface area contributed by atoms with Crippen molar-refractivity contribution in [2.24, 2.45) is 0 Å². The van der Waals surface area contributed by atoms with Gasteiger partial charge in [0.15, 0.2) is 0 Å². The number of carboxylic acids is 1. The minimum atomic E-state index is -4.67. The van der Waals surface area contributed by atoms with Gasteiger partial charge < -0.3 is 9.90 Å². The largest absolute Gasteiger partial charge is 0.481 e. The predicted octanol–water partition coefficient (Wildman–Crippen LogP) is 0.455. The lowest BCUT2D eigenvalue weighted by molar-refractivity contribution is -0.134. The molecule has 0 bridgehead atoms. The van der Waals surface area contributed by atoms with Gasteiger partial charge in [-0.15, -0.1) is 12.4 Å². The van der Waals surface area contributed by atoms with Gasteiger partial charge in [-0.1, -0.05) is 0 Å². The van der Waals surface area contributed by atoms with Gasteiger partial charge in [0, 0.05) is 6.92 Å². The molecule has 9 heteroatoms. The summed E-state index contributed by atoms with van der Waals surface area (Å²) in [5, 5.41) is 7.42. The van der Waals surface area contributed by atoms with Crippen molar-refractivity contribution in [2.45, 2.75) is 20.8 Å². The van der Waals surface area contributed by atoms with Crippen LogP contribution in [0.25, 0.3) is 0 Å². The SMILES string of the molecule is CC(=O)O.CC(C)=O.Cl.O=S(=O)(O)O. The van der Waals surface area contributed by atoms with Gasteiger partial charge in [0.25, 0.3) is 5.97 Å². The Morgan fingerprint density at radius 1 is 1.00 bits per heavy atom. The molecule has 0 aromatic rings. The molecule has 0 aromatic heterocycles. The third kappa shape index (κ3) is 2450. The van der Waals surface area contributed by atoms with E-state index in [0.717, 1.165) is 6.92 Å². The molecule has 0 rings (SSSR count). The van der Waals surface area contributed by atoms with Crippen LogP contribution in [-0.4, -0.2) is 34.4 Å². The summed E-state index contributed by atoms with van der Waals surface area (Å²) < 4.78 is 31.6. The highest BCUT2D eigenvalue weighted by molar-refractivity contribution is 7.79. The molecule has 0 unspecified atom stereocenters. The third-order valence-electron chi connectivity index (χ3n) is 0. The van der Waals surface area contributed by atoms with Crippen LogP contribution in [0.1, 0.15) is 20.8 Å². The van der Waals surface area contributed by atoms with Gasteiger partial charge in [-0.05, 0) is 13.8 Å². The van der Waals surface area contributed by atoms with E-state index in [0.29, 0.717) is 0 Å². The maximum absolute atomic E-state index is 9.44. The van der Waals surface area contributed by atoms with Crippen LogP contribution < -0.4 is 0 Å². The molecule has 0 aliphatic rings. The first-order valence-corrected chi connectivity index (χ1v) is 4.23. The fraction of sp³-hybridized carbons (Fsp3) is 0.600. The van der Waals surface area contributed by atoms with E-state index < -0.39 is 16.4 Å². The van der Waals surface area contributed by atoms with Crippen LogP contribution in [0.15, 0.2) is 0 Å². The van der Waals surface area contributed by atoms with E-state index in [1.54, 1.807) is 0 Å². The Kier molecular flexibility index (Phi) is 20.4. The number of hydrogen-bond donors (Lipinski definition) is 3. The molecule has 0 amide bonds. The lowest BCUT2D eigenvalue weighted by Gasteiger charge is -1.68. The third-order valence-corrected chi connectivity index (χ3v) is 0. The minimum absolute atomic E-state index is 0. The number of aliphatic carboxylic acids is 1. The monoisotopic (exact) mass is 252 g/mol. The standard InChI is InChI=1S/C3H6O.C2H4O2.ClH.H2O4S/c1-3(2)4;1-2(3)4;;1-5(2,3)4/h1-2H3;1H3,(H,3,4);1H;(H2,1,2,3,4). The Hall–Kier alpha value is -0.700. The van der Waals surface area contributed by atoms with Gasteiger partial charge in [0.05, 0.1) is 0 Å². The van der Waals surface area contributed by atoms with Crippen molar-refractivity contribution in [1.29, 1.82) is 0 Å². The normalized spacial score (nSPS) is 7.79. The van der Waals surface area contributed by atoms with Crippen LogP contribution in [0.3, 0.4) is 0 Å². The number of hydrogen-bond acceptors (Lipinski definition) is 4. The second kappa shape index (κ2) is 12.3. The number of rotatable bonds is 0. The van der Waals surface area contributed by atoms with Crippen molar-refractivity contribution in [3.8, 4) is 0 Å². The second-order valence-corrected chi connectivity index (χ2v) is 2.77. The molecule has 88 valence electrons. The molecule has 0 aliphatic carbocycles. The quantitative estimate of drug-likeness (QED) is 0.534. The highest BCUT2D eigenvalue weighted by Gasteiger charge is 1.84. The molecule has 0 saturated heterocycles. The summed E-state index contributed by atoms with van der Waals surface area (Å²) in [6.07, 6.45) is 0. The summed E-state index contributed by atoms with van der Waals surface area (Å²) in [6, 6.07) is 0. The highest BCUT2D eigenvalue weighted by atomic mass is 35.5. The molecule has 0 radical (unpaired) electrons. The van der Waals surface area contributed by atoms with E-state index in [9.17, 15) is 4.79 Å². The van der Waals surface area contributed by atoms with Crippen LogP contribution in [0.4, 0.5) is 0 Å². The summed E-state index contributed by atoms with van der Waals surface area (Å²) in [5.41, 5.74) is 0. The highest BCUT2D eigenvalue weighted by Crippen LogP contribution is 1.59. The Bertz CT molecular complexity index is 217. The van der Waals surface area contributed by atoms with E-state index in [4.69, 9.17) is 27.4 Å². The zero-order valence-corrected chi connectivity index (χ0v) is 9.42. The molecule has 0 fully saturated rings. The average molecular weight is 253 g/mol. The van der Waals surface area contributed by atoms with Crippen LogP contribution >= 0.6 is 12.4 Å². The molecule has 0 aliphatic heterocycles. The molecular weight excluding hydrogens is 240 g/mol. The van der Waals surface area contributed by atoms with Crippen molar-refractivity contribution in [3.05, 3.63) is 0 Å². The first-order chi connectivity index (χ1) is 5.46. The van der Waals surface area contributed by atoms with Gasteiger partial charge in [-0.25, -0.2) is 0 Å². The van der Waals surface area contributed by atoms with Crippen LogP contribution in [0.5, 0.6) is 0 Å². The van der Waals surface area contributed by atoms with Crippen molar-refractivity contribution in [2.75, 3.05) is 0 Å². The molecular formula is C5H13ClO7S. The number of carbonyl (C=O) groups excluding carboxylic acids is 1. The van der Waals surface area contributed by atoms with Crippen LogP contribution in [0, 0.1) is 0 Å². The van der Waals surface area contributed by atoms with Gasteiger partial charge >= 0.3 is 10.4 Å². The van der Waals surface area contributed by atoms with Gasteiger partial charge in [0.2, 0.25) is 0 Å². The molecule has 0 atom stereocenters. The number of ketones is 1. The molecule has 0 aromatic carbocycles. The summed E-state index contributed by atoms with van der Waals surface area (Å²) >= 11 is 0. The van der Waals surface area contributed by atoms with E-state index in [1.165, 1.54) is 13.8 Å². The predicted molar refractivity (Wildman–Crippen MR) is 51.1 cm³/mol. The molecule has 14 heavy (non-hydrogen) atoms. The van der Waals surface area contributed by atoms with E-state index >= 15 is 0 Å². The lowest BCUT2D eigenvalue weighted by Crippen LogP contribution is -1.89. The van der Waals surface area contributed by atoms with Crippen molar-refractivity contribution in [3.63, 3.8) is 0 Å². The fourth-order valence-electron chi connectivity index (χ4n) is 0. The topological polar surface area (TPSA) is 129 Å². The molecule has 7 nitrogen and oxygen atoms in total. The Morgan fingerprint density at radius 3 is 1.00 bits per heavy atom. The number of Topliss-reactive ketones (excluding diaryl/α,β-unsaturated/α-hetero) is 1. The summed E-state index contributed by atoms with van der Waals surface area (Å²) in [4.78, 5) is 18.4. The second-order valence-electron chi connectivity index (χ2n) is 1.88. The first kappa shape index (κ1) is 23.3. The molecule has 3 N–H and O–H groups in total. The minimum Gasteiger partial charge on any atom is -0.481 e. The zero-order valence-electron chi connectivity index (χ0n) is 7.79. The number of carboxylic acid groups (broad SMARTS) is 1. The first-order valence-electron chi connectivity index (χ1n) is 2.83. The Morgan fingerprint density at radius 2 is 1.00 bits per heavy atom. The summed E-state index contributed by atoms with van der Waals surface area (Å²) in [6.45, 7) is 4.14. The number of halogens is 1. The average Bonchev–Trinajstić information content (AvgIpc) is 1.50. The van der Waals surface area contributed by atoms with E-state index in [-0.39, 0.29) is 18.2 Å². The van der Waals surface area contributed by atoms with Crippen molar-refractivity contribution >= 4 is 34.6 Å². The maximum Gasteiger partial charge on any atom is 0.394 e. The fourth-order valence-corrected chi connectivity index (χ4v) is 0. The Balaban J connectivity index is -0.0000000522. The van der Waals surface area contributed by atoms with Crippen LogP contribution in [-0.2, 0) is 20.0 Å². The molecule has 0 spiro atoms. The maximum atomic E-state index is 9.44. The van der Waals surface area contributed by atoms with E-state index in [1.807, 2.05) is 0 Å².